The van der Waals surface area contributed by atoms with Crippen molar-refractivity contribution in [1.82, 2.24) is 0 Å². The summed E-state index contributed by atoms with van der Waals surface area (Å²) in [6.07, 6.45) is 1.45. The van der Waals surface area contributed by atoms with Crippen LogP contribution in [0.25, 0.3) is 0 Å². The number of halogens is 3. The molecule has 12 heavy (non-hydrogen) atoms. The molecule has 0 nitrogen and oxygen atoms in total. The van der Waals surface area contributed by atoms with Gasteiger partial charge in [-0.3, -0.25) is 0 Å². The summed E-state index contributed by atoms with van der Waals surface area (Å²) < 4.78 is 36.9. The zero-order valence-electron chi connectivity index (χ0n) is 7.56. The lowest BCUT2D eigenvalue weighted by atomic mass is 9.60. The molecule has 1 aliphatic rings. The maximum atomic E-state index is 12.3. The van der Waals surface area contributed by atoms with Crippen molar-refractivity contribution in [3.63, 3.8) is 0 Å². The van der Waals surface area contributed by atoms with Crippen molar-refractivity contribution in [2.45, 2.75) is 38.9 Å². The third-order valence-electron chi connectivity index (χ3n) is 3.17. The molecule has 0 saturated heterocycles. The molecule has 4 heteroatoms. The highest BCUT2D eigenvalue weighted by Crippen LogP contribution is 2.43. The van der Waals surface area contributed by atoms with Crippen LogP contribution < -0.4 is 0 Å². The zero-order valence-corrected chi connectivity index (χ0v) is 7.56. The fourth-order valence-corrected chi connectivity index (χ4v) is 1.93. The molecule has 0 aliphatic heterocycles. The average molecular weight is 179 g/mol. The van der Waals surface area contributed by atoms with Crippen LogP contribution in [0.2, 0.25) is 5.82 Å². The van der Waals surface area contributed by atoms with Crippen molar-refractivity contribution in [3.05, 3.63) is 0 Å². The minimum atomic E-state index is -4.58. The van der Waals surface area contributed by atoms with E-state index < -0.39 is 12.8 Å². The summed E-state index contributed by atoms with van der Waals surface area (Å²) >= 11 is 0. The van der Waals surface area contributed by atoms with Gasteiger partial charge in [0.15, 0.2) is 0 Å². The van der Waals surface area contributed by atoms with E-state index in [0.29, 0.717) is 18.8 Å². The second kappa shape index (κ2) is 3.31. The molecule has 0 aromatic heterocycles. The normalized spacial score (nSPS) is 38.2. The Bertz CT molecular complexity index is 155. The van der Waals surface area contributed by atoms with E-state index in [4.69, 9.17) is 0 Å². The van der Waals surface area contributed by atoms with Gasteiger partial charge in [-0.2, -0.15) is 0 Å². The second-order valence-corrected chi connectivity index (χ2v) is 4.15. The molecule has 0 aromatic rings. The van der Waals surface area contributed by atoms with E-state index in [9.17, 15) is 12.9 Å². The summed E-state index contributed by atoms with van der Waals surface area (Å²) in [6, 6.07) is 0. The number of rotatable bonds is 1. The van der Waals surface area contributed by atoms with E-state index in [1.165, 1.54) is 0 Å². The van der Waals surface area contributed by atoms with E-state index >= 15 is 0 Å². The van der Waals surface area contributed by atoms with Crippen LogP contribution in [0.5, 0.6) is 0 Å². The molecule has 0 N–H and O–H groups in total. The van der Waals surface area contributed by atoms with E-state index in [2.05, 4.69) is 0 Å². The molecule has 0 bridgehead atoms. The van der Waals surface area contributed by atoms with Crippen molar-refractivity contribution in [1.29, 1.82) is 0 Å². The lowest BCUT2D eigenvalue weighted by molar-refractivity contribution is 0.248. The van der Waals surface area contributed by atoms with Gasteiger partial charge in [0.05, 0.1) is 0 Å². The van der Waals surface area contributed by atoms with Crippen molar-refractivity contribution in [3.8, 4) is 0 Å². The Morgan fingerprint density at radius 3 is 2.00 bits per heavy atom. The molecule has 1 rings (SSSR count). The average Bonchev–Trinajstić information content (AvgIpc) is 1.92. The van der Waals surface area contributed by atoms with Gasteiger partial charge in [0, 0.05) is 0 Å². The quantitative estimate of drug-likeness (QED) is 0.538. The third kappa shape index (κ3) is 2.17. The van der Waals surface area contributed by atoms with Crippen molar-refractivity contribution < 1.29 is 12.9 Å². The van der Waals surface area contributed by atoms with Gasteiger partial charge >= 0.3 is 6.98 Å². The van der Waals surface area contributed by atoms with Gasteiger partial charge in [0.2, 0.25) is 0 Å². The molecule has 0 heterocycles. The van der Waals surface area contributed by atoms with Crippen LogP contribution in [0, 0.1) is 11.8 Å². The highest BCUT2D eigenvalue weighted by molar-refractivity contribution is 6.60. The summed E-state index contributed by atoms with van der Waals surface area (Å²) in [5.41, 5.74) is 0. The monoisotopic (exact) mass is 179 g/mol. The van der Waals surface area contributed by atoms with Crippen LogP contribution in [0.4, 0.5) is 12.9 Å². The molecule has 3 unspecified atom stereocenters. The fourth-order valence-electron chi connectivity index (χ4n) is 1.93. The van der Waals surface area contributed by atoms with Gasteiger partial charge in [-0.25, -0.2) is 0 Å². The van der Waals surface area contributed by atoms with Crippen LogP contribution in [-0.4, -0.2) is 6.98 Å². The smallest absolute Gasteiger partial charge is 0.449 e. The molecule has 0 radical (unpaired) electrons. The maximum Gasteiger partial charge on any atom is 0.481 e. The van der Waals surface area contributed by atoms with E-state index in [-0.39, 0.29) is 5.92 Å². The van der Waals surface area contributed by atoms with Crippen LogP contribution in [-0.2, 0) is 0 Å². The minimum absolute atomic E-state index is 0.243. The third-order valence-corrected chi connectivity index (χ3v) is 3.17. The fraction of sp³-hybridized carbons (Fsp3) is 1.00. The van der Waals surface area contributed by atoms with Crippen molar-refractivity contribution in [2.75, 3.05) is 0 Å². The Morgan fingerprint density at radius 1 is 1.00 bits per heavy atom. The molecule has 72 valence electrons. The summed E-state index contributed by atoms with van der Waals surface area (Å²) in [6.45, 7) is -0.603. The SMILES string of the molecule is CC1CCC([B-](F)(F)F)CC1C. The molecule has 3 atom stereocenters. The first-order chi connectivity index (χ1) is 5.41. The Kier molecular flexibility index (Phi) is 2.74. The highest BCUT2D eigenvalue weighted by atomic mass is 19.4. The summed E-state index contributed by atoms with van der Waals surface area (Å²) in [5, 5.41) is 0. The molecular formula is C8H15BF3-. The number of hydrogen-bond donors (Lipinski definition) is 0. The van der Waals surface area contributed by atoms with E-state index in [0.717, 1.165) is 6.42 Å². The predicted octanol–water partition coefficient (Wildman–Crippen LogP) is 3.66. The maximum absolute atomic E-state index is 12.3. The predicted molar refractivity (Wildman–Crippen MR) is 45.0 cm³/mol. The summed E-state index contributed by atoms with van der Waals surface area (Å²) in [7, 11) is 0. The zero-order chi connectivity index (χ0) is 9.35. The molecular weight excluding hydrogens is 164 g/mol. The minimum Gasteiger partial charge on any atom is -0.449 e. The van der Waals surface area contributed by atoms with Crippen molar-refractivity contribution >= 4 is 6.98 Å². The topological polar surface area (TPSA) is 0 Å². The standard InChI is InChI=1S/C8H15BF3/c1-6-3-4-8(5-7(6)2)9(10,11)12/h6-8H,3-5H2,1-2H3/q-1. The Morgan fingerprint density at radius 2 is 1.58 bits per heavy atom. The lowest BCUT2D eigenvalue weighted by Crippen LogP contribution is -2.31. The Balaban J connectivity index is 2.51. The summed E-state index contributed by atoms with van der Waals surface area (Å²) in [5.74, 6) is -0.261. The van der Waals surface area contributed by atoms with Crippen LogP contribution in [0.1, 0.15) is 33.1 Å². The van der Waals surface area contributed by atoms with Crippen LogP contribution >= 0.6 is 0 Å². The van der Waals surface area contributed by atoms with Gasteiger partial charge in [-0.05, 0) is 11.8 Å². The highest BCUT2D eigenvalue weighted by Gasteiger charge is 2.38. The van der Waals surface area contributed by atoms with Crippen LogP contribution in [0.15, 0.2) is 0 Å². The Hall–Kier alpha value is -0.145. The van der Waals surface area contributed by atoms with Crippen molar-refractivity contribution in [2.24, 2.45) is 11.8 Å². The summed E-state index contributed by atoms with van der Waals surface area (Å²) in [4.78, 5) is 0. The second-order valence-electron chi connectivity index (χ2n) is 4.15. The van der Waals surface area contributed by atoms with E-state index in [1.54, 1.807) is 0 Å². The first-order valence-corrected chi connectivity index (χ1v) is 4.61. The lowest BCUT2D eigenvalue weighted by Gasteiger charge is -2.37. The van der Waals surface area contributed by atoms with Crippen LogP contribution in [0.3, 0.4) is 0 Å². The van der Waals surface area contributed by atoms with Gasteiger partial charge in [-0.1, -0.05) is 38.9 Å². The van der Waals surface area contributed by atoms with Gasteiger partial charge in [-0.15, -0.1) is 0 Å². The molecule has 1 aliphatic carbocycles. The van der Waals surface area contributed by atoms with Gasteiger partial charge in [0.25, 0.3) is 0 Å². The molecule has 0 amide bonds. The molecule has 1 fully saturated rings. The molecule has 0 aromatic carbocycles. The Labute approximate surface area is 71.6 Å². The number of hydrogen-bond acceptors (Lipinski definition) is 0. The van der Waals surface area contributed by atoms with E-state index in [1.807, 2.05) is 13.8 Å². The molecule has 1 saturated carbocycles. The first-order valence-electron chi connectivity index (χ1n) is 4.61. The van der Waals surface area contributed by atoms with Gasteiger partial charge < -0.3 is 12.9 Å². The molecule has 0 spiro atoms. The van der Waals surface area contributed by atoms with Gasteiger partial charge in [0.1, 0.15) is 0 Å². The largest absolute Gasteiger partial charge is 0.481 e. The first kappa shape index (κ1) is 9.94.